The van der Waals surface area contributed by atoms with Gasteiger partial charge >= 0.3 is 5.97 Å². The summed E-state index contributed by atoms with van der Waals surface area (Å²) < 4.78 is 0. The molecule has 0 atom stereocenters. The number of rotatable bonds is 5. The molecule has 0 saturated carbocycles. The molecule has 3 N–H and O–H groups in total. The summed E-state index contributed by atoms with van der Waals surface area (Å²) in [6.07, 6.45) is 1.43. The largest absolute Gasteiger partial charge is 0.478 e. The highest BCUT2D eigenvalue weighted by Gasteiger charge is 2.11. The Morgan fingerprint density at radius 3 is 2.56 bits per heavy atom. The Balaban J connectivity index is 2.67. The third-order valence-corrected chi connectivity index (χ3v) is 1.80. The number of carbonyl (C=O) groups excluding carboxylic acids is 1. The normalized spacial score (nSPS) is 10.0. The van der Waals surface area contributed by atoms with Crippen LogP contribution < -0.4 is 10.9 Å². The van der Waals surface area contributed by atoms with Crippen LogP contribution in [0.15, 0.2) is 36.4 Å². The van der Waals surface area contributed by atoms with Gasteiger partial charge in [0, 0.05) is 18.2 Å². The lowest BCUT2D eigenvalue weighted by Gasteiger charge is -2.06. The predicted molar refractivity (Wildman–Crippen MR) is 61.6 cm³/mol. The number of nitro groups is 1. The molecule has 0 unspecified atom stereocenters. The van der Waals surface area contributed by atoms with Gasteiger partial charge in [0.2, 0.25) is 0 Å². The number of hydrazine groups is 1. The molecular formula is C10H9N3O5. The van der Waals surface area contributed by atoms with Crippen molar-refractivity contribution >= 4 is 23.3 Å². The van der Waals surface area contributed by atoms with E-state index in [-0.39, 0.29) is 11.4 Å². The molecule has 0 aliphatic rings. The van der Waals surface area contributed by atoms with E-state index in [1.807, 2.05) is 0 Å². The van der Waals surface area contributed by atoms with Crippen molar-refractivity contribution in [2.75, 3.05) is 5.43 Å². The summed E-state index contributed by atoms with van der Waals surface area (Å²) in [5, 5.41) is 18.9. The number of nitrogens with zero attached hydrogens (tertiary/aromatic N) is 1. The van der Waals surface area contributed by atoms with Crippen LogP contribution in [0.1, 0.15) is 0 Å². The number of carbonyl (C=O) groups is 2. The highest BCUT2D eigenvalue weighted by molar-refractivity contribution is 5.94. The first-order chi connectivity index (χ1) is 8.50. The van der Waals surface area contributed by atoms with E-state index in [0.29, 0.717) is 6.08 Å². The molecule has 1 amide bonds. The zero-order valence-electron chi connectivity index (χ0n) is 8.99. The first kappa shape index (κ1) is 13.2. The number of hydrogen-bond donors (Lipinski definition) is 3. The number of carboxylic acids is 1. The van der Waals surface area contributed by atoms with Crippen molar-refractivity contribution in [3.63, 3.8) is 0 Å². The molecule has 0 fully saturated rings. The van der Waals surface area contributed by atoms with Crippen LogP contribution in [0.4, 0.5) is 11.4 Å². The van der Waals surface area contributed by atoms with Gasteiger partial charge in [-0.05, 0) is 6.07 Å². The Morgan fingerprint density at radius 2 is 1.94 bits per heavy atom. The monoisotopic (exact) mass is 251 g/mol. The lowest BCUT2D eigenvalue weighted by Crippen LogP contribution is -2.28. The second-order valence-corrected chi connectivity index (χ2v) is 3.06. The van der Waals surface area contributed by atoms with Gasteiger partial charge < -0.3 is 5.11 Å². The molecule has 18 heavy (non-hydrogen) atoms. The predicted octanol–water partition coefficient (Wildman–Crippen LogP) is 0.679. The topological polar surface area (TPSA) is 122 Å². The SMILES string of the molecule is O=C(O)C=CC(=O)NNc1ccccc1[N+](=O)[O-]. The third kappa shape index (κ3) is 3.93. The van der Waals surface area contributed by atoms with E-state index in [1.54, 1.807) is 6.07 Å². The molecule has 1 rings (SSSR count). The van der Waals surface area contributed by atoms with E-state index in [1.165, 1.54) is 18.2 Å². The van der Waals surface area contributed by atoms with Crippen LogP contribution in [0.5, 0.6) is 0 Å². The van der Waals surface area contributed by atoms with Crippen LogP contribution in [0, 0.1) is 10.1 Å². The fourth-order valence-electron chi connectivity index (χ4n) is 1.06. The van der Waals surface area contributed by atoms with Gasteiger partial charge in [0.05, 0.1) is 4.92 Å². The quantitative estimate of drug-likeness (QED) is 0.402. The number of carboxylic acid groups (broad SMARTS) is 1. The first-order valence-electron chi connectivity index (χ1n) is 4.71. The van der Waals surface area contributed by atoms with E-state index in [9.17, 15) is 19.7 Å². The van der Waals surface area contributed by atoms with Gasteiger partial charge in [-0.15, -0.1) is 0 Å². The van der Waals surface area contributed by atoms with E-state index in [0.717, 1.165) is 6.08 Å². The maximum atomic E-state index is 11.1. The van der Waals surface area contributed by atoms with Gasteiger partial charge in [-0.25, -0.2) is 4.79 Å². The number of amides is 1. The summed E-state index contributed by atoms with van der Waals surface area (Å²) >= 11 is 0. The minimum Gasteiger partial charge on any atom is -0.478 e. The Hall–Kier alpha value is -2.90. The number of nitrogens with one attached hydrogen (secondary N) is 2. The third-order valence-electron chi connectivity index (χ3n) is 1.80. The van der Waals surface area contributed by atoms with Crippen molar-refractivity contribution in [3.05, 3.63) is 46.5 Å². The van der Waals surface area contributed by atoms with Crippen LogP contribution in [0.3, 0.4) is 0 Å². The van der Waals surface area contributed by atoms with Crippen molar-refractivity contribution < 1.29 is 19.6 Å². The second-order valence-electron chi connectivity index (χ2n) is 3.06. The van der Waals surface area contributed by atoms with Gasteiger partial charge in [-0.1, -0.05) is 12.1 Å². The van der Waals surface area contributed by atoms with E-state index in [2.05, 4.69) is 10.9 Å². The number of benzene rings is 1. The standard InChI is InChI=1S/C10H9N3O5/c14-9(5-6-10(15)16)12-11-7-3-1-2-4-8(7)13(17)18/h1-6,11H,(H,12,14)(H,15,16). The van der Waals surface area contributed by atoms with E-state index in [4.69, 9.17) is 5.11 Å². The molecule has 8 heteroatoms. The van der Waals surface area contributed by atoms with Crippen LogP contribution in [0.25, 0.3) is 0 Å². The zero-order chi connectivity index (χ0) is 13.5. The molecular weight excluding hydrogens is 242 g/mol. The van der Waals surface area contributed by atoms with Crippen LogP contribution in [-0.4, -0.2) is 21.9 Å². The minimum absolute atomic E-state index is 0.0968. The van der Waals surface area contributed by atoms with Gasteiger partial charge in [0.15, 0.2) is 0 Å². The van der Waals surface area contributed by atoms with E-state index < -0.39 is 16.8 Å². The molecule has 0 bridgehead atoms. The minimum atomic E-state index is -1.27. The number of aliphatic carboxylic acids is 1. The van der Waals surface area contributed by atoms with E-state index >= 15 is 0 Å². The lowest BCUT2D eigenvalue weighted by atomic mass is 10.3. The Morgan fingerprint density at radius 1 is 1.28 bits per heavy atom. The van der Waals surface area contributed by atoms with Crippen molar-refractivity contribution in [2.45, 2.75) is 0 Å². The molecule has 0 saturated heterocycles. The number of nitro benzene ring substituents is 1. The van der Waals surface area contributed by atoms with Gasteiger partial charge in [-0.3, -0.25) is 25.8 Å². The maximum absolute atomic E-state index is 11.1. The van der Waals surface area contributed by atoms with Gasteiger partial charge in [0.1, 0.15) is 5.69 Å². The van der Waals surface area contributed by atoms with Crippen LogP contribution in [0.2, 0.25) is 0 Å². The smallest absolute Gasteiger partial charge is 0.328 e. The number of hydrogen-bond acceptors (Lipinski definition) is 5. The Bertz CT molecular complexity index is 512. The fourth-order valence-corrected chi connectivity index (χ4v) is 1.06. The molecule has 0 spiro atoms. The summed E-state index contributed by atoms with van der Waals surface area (Å²) in [6, 6.07) is 5.70. The summed E-state index contributed by atoms with van der Waals surface area (Å²) in [4.78, 5) is 31.3. The van der Waals surface area contributed by atoms with Crippen molar-refractivity contribution in [1.29, 1.82) is 0 Å². The molecule has 0 radical (unpaired) electrons. The average Bonchev–Trinajstić information content (AvgIpc) is 2.34. The highest BCUT2D eigenvalue weighted by atomic mass is 16.6. The maximum Gasteiger partial charge on any atom is 0.328 e. The van der Waals surface area contributed by atoms with Gasteiger partial charge in [0.25, 0.3) is 11.6 Å². The van der Waals surface area contributed by atoms with Crippen molar-refractivity contribution in [1.82, 2.24) is 5.43 Å². The molecule has 1 aromatic rings. The molecule has 0 aromatic heterocycles. The molecule has 8 nitrogen and oxygen atoms in total. The molecule has 0 aliphatic carbocycles. The summed E-state index contributed by atoms with van der Waals surface area (Å²) in [6.45, 7) is 0. The highest BCUT2D eigenvalue weighted by Crippen LogP contribution is 2.21. The number of para-hydroxylation sites is 2. The molecule has 0 aliphatic heterocycles. The molecule has 1 aromatic carbocycles. The number of anilines is 1. The Labute approximate surface area is 101 Å². The van der Waals surface area contributed by atoms with Gasteiger partial charge in [-0.2, -0.15) is 0 Å². The second kappa shape index (κ2) is 5.99. The first-order valence-corrected chi connectivity index (χ1v) is 4.71. The van der Waals surface area contributed by atoms with Crippen LogP contribution in [-0.2, 0) is 9.59 Å². The molecule has 94 valence electrons. The lowest BCUT2D eigenvalue weighted by molar-refractivity contribution is -0.384. The fraction of sp³-hybridized carbons (Fsp3) is 0. The van der Waals surface area contributed by atoms with Crippen molar-refractivity contribution in [3.8, 4) is 0 Å². The zero-order valence-corrected chi connectivity index (χ0v) is 8.99. The Kier molecular flexibility index (Phi) is 4.38. The van der Waals surface area contributed by atoms with Crippen LogP contribution >= 0.6 is 0 Å². The summed E-state index contributed by atoms with van der Waals surface area (Å²) in [7, 11) is 0. The summed E-state index contributed by atoms with van der Waals surface area (Å²) in [5.41, 5.74) is 4.33. The average molecular weight is 251 g/mol. The molecule has 0 heterocycles. The summed E-state index contributed by atoms with van der Waals surface area (Å²) in [5.74, 6) is -2.01. The van der Waals surface area contributed by atoms with Crippen molar-refractivity contribution in [2.24, 2.45) is 0 Å².